The number of rotatable bonds is 11. The topological polar surface area (TPSA) is 128 Å². The number of benzene rings is 2. The van der Waals surface area contributed by atoms with Crippen LogP contribution in [-0.4, -0.2) is 56.2 Å². The number of fused-ring (bicyclic) bond motifs is 4. The Balaban J connectivity index is 1.58. The number of carbonyl (C=O) groups excluding carboxylic acids is 2. The van der Waals surface area contributed by atoms with Crippen molar-refractivity contribution in [3.05, 3.63) is 69.9 Å². The molecule has 0 aliphatic heterocycles. The van der Waals surface area contributed by atoms with Crippen LogP contribution < -0.4 is 35.6 Å². The number of methoxy groups -OCH3 is 3. The Bertz CT molecular complexity index is 1760. The van der Waals surface area contributed by atoms with E-state index in [0.29, 0.717) is 58.5 Å². The molecule has 2 amide bonds. The molecule has 236 valence electrons. The van der Waals surface area contributed by atoms with Gasteiger partial charge in [0.2, 0.25) is 23.0 Å². The van der Waals surface area contributed by atoms with Gasteiger partial charge in [0.1, 0.15) is 6.04 Å². The molecule has 3 aromatic carbocycles. The fourth-order valence-corrected chi connectivity index (χ4v) is 6.98. The van der Waals surface area contributed by atoms with Crippen molar-refractivity contribution in [2.75, 3.05) is 44.0 Å². The molecule has 0 bridgehead atoms. The first-order valence-electron chi connectivity index (χ1n) is 14.5. The summed E-state index contributed by atoms with van der Waals surface area (Å²) in [6.45, 7) is 1.46. The van der Waals surface area contributed by atoms with Crippen LogP contribution in [0.15, 0.2) is 53.3 Å². The van der Waals surface area contributed by atoms with E-state index < -0.39 is 12.1 Å². The summed E-state index contributed by atoms with van der Waals surface area (Å²) in [5.74, 6) is 1.63. The van der Waals surface area contributed by atoms with Gasteiger partial charge in [0, 0.05) is 12.5 Å². The molecular formula is C33H36N4O6S2. The fraction of sp³-hybridized carbons (Fsp3) is 0.333. The van der Waals surface area contributed by atoms with E-state index in [2.05, 4.69) is 20.9 Å². The van der Waals surface area contributed by atoms with Crippen LogP contribution in [0.1, 0.15) is 36.9 Å². The summed E-state index contributed by atoms with van der Waals surface area (Å²) in [5, 5.41) is 9.67. The average molecular weight is 649 g/mol. The van der Waals surface area contributed by atoms with Gasteiger partial charge >= 0.3 is 0 Å². The van der Waals surface area contributed by atoms with Crippen LogP contribution in [0.25, 0.3) is 21.3 Å². The molecule has 1 aliphatic carbocycles. The van der Waals surface area contributed by atoms with Crippen molar-refractivity contribution in [2.45, 2.75) is 38.3 Å². The summed E-state index contributed by atoms with van der Waals surface area (Å²) in [4.78, 5) is 44.2. The molecule has 1 aromatic heterocycles. The maximum Gasteiger partial charge on any atom is 0.248 e. The zero-order valence-electron chi connectivity index (χ0n) is 25.8. The molecule has 2 atom stereocenters. The summed E-state index contributed by atoms with van der Waals surface area (Å²) in [6.07, 6.45) is 3.60. The standard InChI is InChI=1S/C33H36N4O6S2/c1-18(38)34-22-12-10-19-16-27(41-2)30(42-3)31(43-4)29(19)20-11-13-23(26(39)17-21(20)22)35-25(14-15-44-5)32(40)37-33-36-24-8-6-7-9-28(24)45-33/h6-9,11,13,16-17,22,25H,10,12,14-15H2,1-5H3,(H,34,38)(H,35,39)(H,36,37,40). The first-order chi connectivity index (χ1) is 21.8. The highest BCUT2D eigenvalue weighted by molar-refractivity contribution is 7.98. The van der Waals surface area contributed by atoms with Gasteiger partial charge in [-0.05, 0) is 78.3 Å². The lowest BCUT2D eigenvalue weighted by Gasteiger charge is -2.19. The number of nitrogens with one attached hydrogen (secondary N) is 3. The molecule has 0 fully saturated rings. The Morgan fingerprint density at radius 1 is 1.07 bits per heavy atom. The van der Waals surface area contributed by atoms with Crippen LogP contribution in [0.4, 0.5) is 10.8 Å². The van der Waals surface area contributed by atoms with Gasteiger partial charge in [0.25, 0.3) is 0 Å². The predicted octanol–water partition coefficient (Wildman–Crippen LogP) is 5.65. The number of ether oxygens (including phenoxy) is 3. The van der Waals surface area contributed by atoms with Gasteiger partial charge in [0.05, 0.1) is 43.3 Å². The minimum Gasteiger partial charge on any atom is -0.493 e. The molecule has 1 heterocycles. The van der Waals surface area contributed by atoms with E-state index in [9.17, 15) is 14.4 Å². The fourth-order valence-electron chi connectivity index (χ4n) is 5.64. The molecule has 0 radical (unpaired) electrons. The second-order valence-electron chi connectivity index (χ2n) is 10.6. The van der Waals surface area contributed by atoms with Gasteiger partial charge in [-0.2, -0.15) is 11.8 Å². The molecule has 2 unspecified atom stereocenters. The lowest BCUT2D eigenvalue weighted by Crippen LogP contribution is -2.36. The molecule has 45 heavy (non-hydrogen) atoms. The maximum atomic E-state index is 13.8. The Labute approximate surface area is 269 Å². The molecule has 3 N–H and O–H groups in total. The summed E-state index contributed by atoms with van der Waals surface area (Å²) in [7, 11) is 4.67. The van der Waals surface area contributed by atoms with E-state index in [1.807, 2.05) is 42.7 Å². The normalized spacial score (nSPS) is 14.4. The van der Waals surface area contributed by atoms with Crippen LogP contribution in [0.2, 0.25) is 0 Å². The van der Waals surface area contributed by atoms with Gasteiger partial charge in [-0.3, -0.25) is 14.4 Å². The molecule has 12 heteroatoms. The lowest BCUT2D eigenvalue weighted by molar-refractivity contribution is -0.120. The number of amides is 2. The van der Waals surface area contributed by atoms with Crippen molar-refractivity contribution < 1.29 is 23.8 Å². The Morgan fingerprint density at radius 3 is 2.53 bits per heavy atom. The maximum absolute atomic E-state index is 13.8. The lowest BCUT2D eigenvalue weighted by atomic mass is 9.95. The smallest absolute Gasteiger partial charge is 0.248 e. The van der Waals surface area contributed by atoms with E-state index in [0.717, 1.165) is 21.3 Å². The predicted molar refractivity (Wildman–Crippen MR) is 181 cm³/mol. The van der Waals surface area contributed by atoms with Crippen LogP contribution in [0, 0.1) is 0 Å². The molecule has 1 aliphatic rings. The Kier molecular flexibility index (Phi) is 10.1. The van der Waals surface area contributed by atoms with Gasteiger partial charge in [-0.25, -0.2) is 4.98 Å². The summed E-state index contributed by atoms with van der Waals surface area (Å²) in [5.41, 5.74) is 3.80. The van der Waals surface area contributed by atoms with Gasteiger partial charge < -0.3 is 30.2 Å². The number of thiazole rings is 1. The zero-order chi connectivity index (χ0) is 32.1. The molecule has 0 spiro atoms. The van der Waals surface area contributed by atoms with Crippen molar-refractivity contribution in [2.24, 2.45) is 0 Å². The number of anilines is 2. The summed E-state index contributed by atoms with van der Waals surface area (Å²) < 4.78 is 18.1. The van der Waals surface area contributed by atoms with Gasteiger partial charge in [0.15, 0.2) is 16.6 Å². The van der Waals surface area contributed by atoms with E-state index in [-0.39, 0.29) is 22.9 Å². The molecule has 4 aromatic rings. The third-order valence-corrected chi connectivity index (χ3v) is 9.29. The third-order valence-electron chi connectivity index (χ3n) is 7.70. The van der Waals surface area contributed by atoms with Crippen molar-refractivity contribution >= 4 is 55.9 Å². The van der Waals surface area contributed by atoms with Gasteiger partial charge in [-0.1, -0.05) is 29.5 Å². The molecular weight excluding hydrogens is 613 g/mol. The quantitative estimate of drug-likeness (QED) is 0.189. The number of para-hydroxylation sites is 1. The van der Waals surface area contributed by atoms with E-state index >= 15 is 0 Å². The molecule has 0 saturated heterocycles. The monoisotopic (exact) mass is 648 g/mol. The third kappa shape index (κ3) is 6.86. The van der Waals surface area contributed by atoms with Crippen molar-refractivity contribution in [3.8, 4) is 28.4 Å². The van der Waals surface area contributed by atoms with Crippen LogP contribution in [-0.2, 0) is 16.0 Å². The number of hydrogen-bond acceptors (Lipinski definition) is 10. The van der Waals surface area contributed by atoms with Gasteiger partial charge in [-0.15, -0.1) is 0 Å². The van der Waals surface area contributed by atoms with Crippen molar-refractivity contribution in [1.29, 1.82) is 0 Å². The molecule has 0 saturated carbocycles. The minimum absolute atomic E-state index is 0.208. The van der Waals surface area contributed by atoms with Crippen LogP contribution >= 0.6 is 23.1 Å². The number of aromatic nitrogens is 1. The largest absolute Gasteiger partial charge is 0.493 e. The second-order valence-corrected chi connectivity index (χ2v) is 12.6. The van der Waals surface area contributed by atoms with Crippen molar-refractivity contribution in [3.63, 3.8) is 0 Å². The first-order valence-corrected chi connectivity index (χ1v) is 16.7. The SMILES string of the molecule is COc1cc2c(c(OC)c1OC)-c1ccc(NC(CCSC)C(=O)Nc3nc4ccccc4s3)c(=O)cc1C(NC(C)=O)CC2. The highest BCUT2D eigenvalue weighted by Gasteiger charge is 2.30. The highest BCUT2D eigenvalue weighted by atomic mass is 32.2. The van der Waals surface area contributed by atoms with E-state index in [1.54, 1.807) is 45.2 Å². The number of thioether (sulfide) groups is 1. The van der Waals surface area contributed by atoms with Crippen LogP contribution in [0.5, 0.6) is 17.2 Å². The minimum atomic E-state index is -0.698. The molecule has 10 nitrogen and oxygen atoms in total. The summed E-state index contributed by atoms with van der Waals surface area (Å²) in [6, 6.07) is 13.5. The number of carbonyl (C=O) groups is 2. The number of hydrogen-bond donors (Lipinski definition) is 3. The van der Waals surface area contributed by atoms with Crippen LogP contribution in [0.3, 0.4) is 0 Å². The molecule has 5 rings (SSSR count). The van der Waals surface area contributed by atoms with E-state index in [4.69, 9.17) is 14.2 Å². The summed E-state index contributed by atoms with van der Waals surface area (Å²) >= 11 is 3.01. The number of aryl methyl sites for hydroxylation is 1. The first kappa shape index (κ1) is 32.1. The number of nitrogens with zero attached hydrogens (tertiary/aromatic N) is 1. The van der Waals surface area contributed by atoms with Crippen molar-refractivity contribution in [1.82, 2.24) is 10.3 Å². The Morgan fingerprint density at radius 2 is 1.84 bits per heavy atom. The Hall–Kier alpha value is -4.29. The average Bonchev–Trinajstić information content (AvgIpc) is 3.30. The second kappa shape index (κ2) is 14.2. The highest BCUT2D eigenvalue weighted by Crippen LogP contribution is 2.50. The van der Waals surface area contributed by atoms with E-state index in [1.165, 1.54) is 18.3 Å². The zero-order valence-corrected chi connectivity index (χ0v) is 27.4.